The van der Waals surface area contributed by atoms with Crippen LogP contribution < -0.4 is 5.73 Å². The fourth-order valence-corrected chi connectivity index (χ4v) is 6.15. The summed E-state index contributed by atoms with van der Waals surface area (Å²) in [7, 11) is 0. The first kappa shape index (κ1) is 14.1. The van der Waals surface area contributed by atoms with Crippen LogP contribution in [0.4, 0.5) is 0 Å². The molecule has 0 aromatic carbocycles. The summed E-state index contributed by atoms with van der Waals surface area (Å²) in [6.45, 7) is 4.73. The molecule has 0 aromatic heterocycles. The van der Waals surface area contributed by atoms with Crippen molar-refractivity contribution < 1.29 is 0 Å². The van der Waals surface area contributed by atoms with Crippen LogP contribution in [-0.2, 0) is 0 Å². The second kappa shape index (κ2) is 6.72. The summed E-state index contributed by atoms with van der Waals surface area (Å²) < 4.78 is 0. The zero-order chi connectivity index (χ0) is 12.3. The van der Waals surface area contributed by atoms with Crippen LogP contribution in [0.5, 0.6) is 0 Å². The third kappa shape index (κ3) is 3.81. The van der Waals surface area contributed by atoms with E-state index >= 15 is 0 Å². The Bertz CT molecular complexity index is 226. The largest absolute Gasteiger partial charge is 0.326 e. The van der Waals surface area contributed by atoms with E-state index in [0.29, 0.717) is 11.3 Å². The van der Waals surface area contributed by atoms with Crippen LogP contribution in [0.3, 0.4) is 0 Å². The molecule has 4 unspecified atom stereocenters. The monoisotopic (exact) mass is 273 g/mol. The minimum atomic E-state index is 0.445. The highest BCUT2D eigenvalue weighted by Crippen LogP contribution is 2.39. The van der Waals surface area contributed by atoms with E-state index in [0.717, 1.165) is 16.4 Å². The number of rotatable bonds is 2. The molecule has 0 bridgehead atoms. The van der Waals surface area contributed by atoms with Gasteiger partial charge in [0.15, 0.2) is 0 Å². The van der Waals surface area contributed by atoms with Crippen molar-refractivity contribution in [1.82, 2.24) is 0 Å². The topological polar surface area (TPSA) is 26.0 Å². The highest BCUT2D eigenvalue weighted by molar-refractivity contribution is 8.07. The molecule has 2 aliphatic rings. The zero-order valence-electron chi connectivity index (χ0n) is 11.2. The normalized spacial score (nSPS) is 38.6. The van der Waals surface area contributed by atoms with Crippen LogP contribution in [0, 0.1) is 5.92 Å². The van der Waals surface area contributed by atoms with Crippen molar-refractivity contribution in [3.63, 3.8) is 0 Å². The molecule has 3 heteroatoms. The van der Waals surface area contributed by atoms with Gasteiger partial charge in [0.05, 0.1) is 0 Å². The van der Waals surface area contributed by atoms with E-state index in [9.17, 15) is 0 Å². The molecule has 1 aliphatic carbocycles. The minimum Gasteiger partial charge on any atom is -0.326 e. The predicted octanol–water partition coefficient (Wildman–Crippen LogP) is 3.91. The first-order valence-electron chi connectivity index (χ1n) is 7.21. The lowest BCUT2D eigenvalue weighted by Crippen LogP contribution is -2.44. The highest BCUT2D eigenvalue weighted by Gasteiger charge is 2.33. The maximum Gasteiger partial charge on any atom is 0.0295 e. The molecule has 0 amide bonds. The summed E-state index contributed by atoms with van der Waals surface area (Å²) in [5.74, 6) is 2.07. The van der Waals surface area contributed by atoms with Gasteiger partial charge in [-0.2, -0.15) is 23.5 Å². The quantitative estimate of drug-likeness (QED) is 0.773. The van der Waals surface area contributed by atoms with E-state index in [-0.39, 0.29) is 0 Å². The first-order chi connectivity index (χ1) is 8.18. The van der Waals surface area contributed by atoms with Crippen molar-refractivity contribution in [2.45, 2.75) is 74.2 Å². The van der Waals surface area contributed by atoms with Crippen molar-refractivity contribution in [3.05, 3.63) is 0 Å². The molecule has 1 saturated heterocycles. The molecular weight excluding hydrogens is 246 g/mol. The smallest absolute Gasteiger partial charge is 0.0295 e. The summed E-state index contributed by atoms with van der Waals surface area (Å²) in [5.41, 5.74) is 6.57. The van der Waals surface area contributed by atoms with Crippen LogP contribution >= 0.6 is 23.5 Å². The lowest BCUT2D eigenvalue weighted by Gasteiger charge is -2.37. The van der Waals surface area contributed by atoms with Gasteiger partial charge < -0.3 is 5.73 Å². The van der Waals surface area contributed by atoms with Gasteiger partial charge in [0.25, 0.3) is 0 Å². The average molecular weight is 274 g/mol. The van der Waals surface area contributed by atoms with E-state index in [1.165, 1.54) is 44.3 Å². The molecule has 0 radical (unpaired) electrons. The molecule has 0 aromatic rings. The van der Waals surface area contributed by atoms with Gasteiger partial charge in [-0.15, -0.1) is 0 Å². The maximum atomic E-state index is 6.57. The van der Waals surface area contributed by atoms with Crippen molar-refractivity contribution in [1.29, 1.82) is 0 Å². The molecular formula is C14H27NS2. The van der Waals surface area contributed by atoms with Gasteiger partial charge >= 0.3 is 0 Å². The third-order valence-electron chi connectivity index (χ3n) is 4.45. The highest BCUT2D eigenvalue weighted by atomic mass is 32.2. The molecule has 17 heavy (non-hydrogen) atoms. The molecule has 2 rings (SSSR count). The lowest BCUT2D eigenvalue weighted by molar-refractivity contribution is 0.373. The fraction of sp³-hybridized carbons (Fsp3) is 1.00. The summed E-state index contributed by atoms with van der Waals surface area (Å²) in [5, 5.41) is 2.28. The van der Waals surface area contributed by atoms with Gasteiger partial charge in [0.1, 0.15) is 0 Å². The predicted molar refractivity (Wildman–Crippen MR) is 81.9 cm³/mol. The van der Waals surface area contributed by atoms with Crippen molar-refractivity contribution in [3.8, 4) is 0 Å². The minimum absolute atomic E-state index is 0.445. The molecule has 1 heterocycles. The standard InChI is InChI=1S/C14H27NS2/c1-10-11(2)17-13(9-16-10)14(15)12-7-5-3-4-6-8-12/h10-14H,3-9,15H2,1-2H3. The Morgan fingerprint density at radius 3 is 2.24 bits per heavy atom. The van der Waals surface area contributed by atoms with Gasteiger partial charge in [0, 0.05) is 27.5 Å². The van der Waals surface area contributed by atoms with Crippen molar-refractivity contribution in [2.24, 2.45) is 11.7 Å². The molecule has 100 valence electrons. The van der Waals surface area contributed by atoms with Crippen LogP contribution in [-0.4, -0.2) is 27.5 Å². The van der Waals surface area contributed by atoms with Crippen LogP contribution in [0.2, 0.25) is 0 Å². The molecule has 1 saturated carbocycles. The van der Waals surface area contributed by atoms with Crippen molar-refractivity contribution in [2.75, 3.05) is 5.75 Å². The molecule has 2 N–H and O–H groups in total. The number of thioether (sulfide) groups is 2. The Labute approximate surface area is 115 Å². The van der Waals surface area contributed by atoms with Crippen LogP contribution in [0.25, 0.3) is 0 Å². The SMILES string of the molecule is CC1SCC(C(N)C2CCCCCC2)SC1C. The van der Waals surface area contributed by atoms with Gasteiger partial charge in [0.2, 0.25) is 0 Å². The van der Waals surface area contributed by atoms with E-state index in [4.69, 9.17) is 5.73 Å². The summed E-state index contributed by atoms with van der Waals surface area (Å²) >= 11 is 4.29. The fourth-order valence-electron chi connectivity index (χ4n) is 3.01. The summed E-state index contributed by atoms with van der Waals surface area (Å²) in [6.07, 6.45) is 8.45. The average Bonchev–Trinajstić information content (AvgIpc) is 2.60. The Kier molecular flexibility index (Phi) is 5.56. The summed E-state index contributed by atoms with van der Waals surface area (Å²) in [6, 6.07) is 0.445. The van der Waals surface area contributed by atoms with E-state index in [1.54, 1.807) is 0 Å². The Hall–Kier alpha value is 0.660. The molecule has 0 spiro atoms. The second-order valence-corrected chi connectivity index (χ2v) is 8.78. The number of hydrogen-bond acceptors (Lipinski definition) is 3. The van der Waals surface area contributed by atoms with E-state index in [2.05, 4.69) is 37.4 Å². The molecule has 1 aliphatic heterocycles. The van der Waals surface area contributed by atoms with Gasteiger partial charge in [-0.05, 0) is 18.8 Å². The van der Waals surface area contributed by atoms with Gasteiger partial charge in [-0.3, -0.25) is 0 Å². The Morgan fingerprint density at radius 2 is 1.65 bits per heavy atom. The zero-order valence-corrected chi connectivity index (χ0v) is 12.9. The number of nitrogens with two attached hydrogens (primary N) is 1. The van der Waals surface area contributed by atoms with Crippen LogP contribution in [0.1, 0.15) is 52.4 Å². The third-order valence-corrected chi connectivity index (χ3v) is 7.98. The maximum absolute atomic E-state index is 6.57. The first-order valence-corrected chi connectivity index (χ1v) is 9.20. The van der Waals surface area contributed by atoms with Crippen molar-refractivity contribution >= 4 is 23.5 Å². The number of hydrogen-bond donors (Lipinski definition) is 1. The van der Waals surface area contributed by atoms with E-state index in [1.807, 2.05) is 0 Å². The summed E-state index contributed by atoms with van der Waals surface area (Å²) in [4.78, 5) is 0. The molecule has 1 nitrogen and oxygen atoms in total. The lowest BCUT2D eigenvalue weighted by atomic mass is 9.90. The Balaban J connectivity index is 1.87. The van der Waals surface area contributed by atoms with Gasteiger partial charge in [-0.1, -0.05) is 39.5 Å². The van der Waals surface area contributed by atoms with E-state index < -0.39 is 0 Å². The molecule has 2 fully saturated rings. The molecule has 4 atom stereocenters. The Morgan fingerprint density at radius 1 is 1.00 bits per heavy atom. The van der Waals surface area contributed by atoms with Crippen LogP contribution in [0.15, 0.2) is 0 Å². The second-order valence-electron chi connectivity index (χ2n) is 5.75. The van der Waals surface area contributed by atoms with Gasteiger partial charge in [-0.25, -0.2) is 0 Å².